The molecule has 2 N–H and O–H groups in total. The number of nitrogens with zero attached hydrogens (tertiary/aromatic N) is 1. The van der Waals surface area contributed by atoms with Gasteiger partial charge in [-0.05, 0) is 31.9 Å². The van der Waals surface area contributed by atoms with E-state index in [0.717, 1.165) is 12.8 Å². The van der Waals surface area contributed by atoms with Crippen LogP contribution in [0.3, 0.4) is 0 Å². The maximum absolute atomic E-state index is 12.1. The van der Waals surface area contributed by atoms with E-state index in [9.17, 15) is 9.59 Å². The number of hydrogen-bond acceptors (Lipinski definition) is 2. The number of rotatable bonds is 2. The Morgan fingerprint density at radius 2 is 1.95 bits per heavy atom. The fraction of sp³-hybridized carbons (Fsp3) is 0.385. The van der Waals surface area contributed by atoms with Crippen LogP contribution in [0.4, 0.5) is 10.5 Å². The van der Waals surface area contributed by atoms with E-state index in [4.69, 9.17) is 28.3 Å². The van der Waals surface area contributed by atoms with Crippen molar-refractivity contribution in [3.05, 3.63) is 27.7 Å². The minimum absolute atomic E-state index is 0.0208. The molecule has 1 fully saturated rings. The molecule has 0 bridgehead atoms. The van der Waals surface area contributed by atoms with Crippen molar-refractivity contribution in [3.8, 4) is 0 Å². The van der Waals surface area contributed by atoms with Gasteiger partial charge in [0.25, 0.3) is 0 Å². The van der Waals surface area contributed by atoms with Gasteiger partial charge in [0, 0.05) is 12.6 Å². The number of carboxylic acid groups (broad SMARTS) is 1. The topological polar surface area (TPSA) is 69.6 Å². The van der Waals surface area contributed by atoms with Gasteiger partial charge >= 0.3 is 12.0 Å². The summed E-state index contributed by atoms with van der Waals surface area (Å²) < 4.78 is 0. The van der Waals surface area contributed by atoms with Crippen LogP contribution in [0.2, 0.25) is 10.0 Å². The van der Waals surface area contributed by atoms with Gasteiger partial charge in [-0.15, -0.1) is 0 Å². The summed E-state index contributed by atoms with van der Waals surface area (Å²) in [4.78, 5) is 24.7. The Balaban J connectivity index is 2.21. The van der Waals surface area contributed by atoms with Crippen molar-refractivity contribution in [1.29, 1.82) is 0 Å². The van der Waals surface area contributed by atoms with Gasteiger partial charge in [0.05, 0.1) is 21.3 Å². The summed E-state index contributed by atoms with van der Waals surface area (Å²) in [6.07, 6.45) is 1.93. The van der Waals surface area contributed by atoms with E-state index in [1.165, 1.54) is 12.1 Å². The Kier molecular flexibility index (Phi) is 4.40. The van der Waals surface area contributed by atoms with Gasteiger partial charge in [0.15, 0.2) is 0 Å². The second-order valence-electron chi connectivity index (χ2n) is 4.73. The molecule has 1 heterocycles. The number of benzene rings is 1. The number of nitrogens with one attached hydrogen (secondary N) is 1. The summed E-state index contributed by atoms with van der Waals surface area (Å²) in [6.45, 7) is 2.67. The average molecular weight is 317 g/mol. The molecule has 1 aromatic rings. The van der Waals surface area contributed by atoms with Crippen molar-refractivity contribution in [2.45, 2.75) is 25.8 Å². The van der Waals surface area contributed by atoms with Crippen LogP contribution in [-0.2, 0) is 0 Å². The largest absolute Gasteiger partial charge is 0.478 e. The van der Waals surface area contributed by atoms with Crippen LogP contribution in [0, 0.1) is 0 Å². The van der Waals surface area contributed by atoms with E-state index in [2.05, 4.69) is 5.32 Å². The van der Waals surface area contributed by atoms with Gasteiger partial charge in [-0.25, -0.2) is 9.59 Å². The first kappa shape index (κ1) is 14.9. The summed E-state index contributed by atoms with van der Waals surface area (Å²) in [5.74, 6) is -1.13. The van der Waals surface area contributed by atoms with Crippen molar-refractivity contribution < 1.29 is 14.7 Å². The van der Waals surface area contributed by atoms with E-state index in [0.29, 0.717) is 6.54 Å². The lowest BCUT2D eigenvalue weighted by Crippen LogP contribution is -2.37. The Morgan fingerprint density at radius 3 is 2.40 bits per heavy atom. The molecule has 0 aliphatic carbocycles. The number of aromatic carboxylic acids is 1. The zero-order valence-electron chi connectivity index (χ0n) is 10.8. The standard InChI is InChI=1S/C13H14Cl2N2O3/c1-7-3-2-4-17(7)13(20)16-11-9(14)5-8(12(18)19)6-10(11)15/h5-7H,2-4H2,1H3,(H,16,20)(H,18,19). The summed E-state index contributed by atoms with van der Waals surface area (Å²) in [6, 6.07) is 2.42. The van der Waals surface area contributed by atoms with E-state index in [-0.39, 0.29) is 33.4 Å². The number of anilines is 1. The molecule has 1 aromatic carbocycles. The molecule has 5 nitrogen and oxygen atoms in total. The molecule has 2 rings (SSSR count). The molecule has 2 amide bonds. The molecule has 20 heavy (non-hydrogen) atoms. The van der Waals surface area contributed by atoms with Gasteiger partial charge in [-0.1, -0.05) is 23.2 Å². The Morgan fingerprint density at radius 1 is 1.35 bits per heavy atom. The van der Waals surface area contributed by atoms with Crippen molar-refractivity contribution >= 4 is 40.9 Å². The molecule has 0 spiro atoms. The van der Waals surface area contributed by atoms with Crippen molar-refractivity contribution in [3.63, 3.8) is 0 Å². The summed E-state index contributed by atoms with van der Waals surface area (Å²) >= 11 is 12.0. The number of likely N-dealkylation sites (tertiary alicyclic amines) is 1. The molecule has 0 aromatic heterocycles. The summed E-state index contributed by atoms with van der Waals surface area (Å²) in [5.41, 5.74) is 0.218. The Labute approximate surface area is 126 Å². The highest BCUT2D eigenvalue weighted by Gasteiger charge is 2.26. The molecule has 1 atom stereocenters. The monoisotopic (exact) mass is 316 g/mol. The zero-order chi connectivity index (χ0) is 14.9. The predicted octanol–water partition coefficient (Wildman–Crippen LogP) is 3.71. The SMILES string of the molecule is CC1CCCN1C(=O)Nc1c(Cl)cc(C(=O)O)cc1Cl. The van der Waals surface area contributed by atoms with Crippen LogP contribution in [0.25, 0.3) is 0 Å². The molecule has 0 saturated carbocycles. The normalized spacial score (nSPS) is 18.1. The van der Waals surface area contributed by atoms with Gasteiger partial charge in [-0.2, -0.15) is 0 Å². The average Bonchev–Trinajstić information content (AvgIpc) is 2.79. The van der Waals surface area contributed by atoms with Gasteiger partial charge in [0.1, 0.15) is 0 Å². The lowest BCUT2D eigenvalue weighted by atomic mass is 10.2. The summed E-state index contributed by atoms with van der Waals surface area (Å²) in [5, 5.41) is 11.8. The number of carboxylic acids is 1. The third-order valence-corrected chi connectivity index (χ3v) is 3.93. The quantitative estimate of drug-likeness (QED) is 0.873. The molecule has 1 saturated heterocycles. The first-order valence-corrected chi connectivity index (χ1v) is 6.95. The first-order valence-electron chi connectivity index (χ1n) is 6.20. The highest BCUT2D eigenvalue weighted by Crippen LogP contribution is 2.32. The first-order chi connectivity index (χ1) is 9.40. The smallest absolute Gasteiger partial charge is 0.335 e. The van der Waals surface area contributed by atoms with Crippen LogP contribution < -0.4 is 5.32 Å². The maximum atomic E-state index is 12.1. The van der Waals surface area contributed by atoms with Crippen LogP contribution >= 0.6 is 23.2 Å². The van der Waals surface area contributed by atoms with Crippen molar-refractivity contribution in [2.75, 3.05) is 11.9 Å². The lowest BCUT2D eigenvalue weighted by Gasteiger charge is -2.22. The van der Waals surface area contributed by atoms with Gasteiger partial charge in [0.2, 0.25) is 0 Å². The van der Waals surface area contributed by atoms with Crippen LogP contribution in [0.5, 0.6) is 0 Å². The number of carbonyl (C=O) groups is 2. The molecule has 7 heteroatoms. The molecule has 108 valence electrons. The highest BCUT2D eigenvalue weighted by atomic mass is 35.5. The predicted molar refractivity (Wildman–Crippen MR) is 77.8 cm³/mol. The molecular weight excluding hydrogens is 303 g/mol. The molecule has 1 aliphatic heterocycles. The third kappa shape index (κ3) is 2.99. The third-order valence-electron chi connectivity index (χ3n) is 3.33. The molecular formula is C13H14Cl2N2O3. The minimum atomic E-state index is -1.13. The fourth-order valence-electron chi connectivity index (χ4n) is 2.23. The van der Waals surface area contributed by atoms with Crippen molar-refractivity contribution in [2.24, 2.45) is 0 Å². The number of hydrogen-bond donors (Lipinski definition) is 2. The number of amides is 2. The maximum Gasteiger partial charge on any atom is 0.335 e. The van der Waals surface area contributed by atoms with Crippen LogP contribution in [0.1, 0.15) is 30.1 Å². The van der Waals surface area contributed by atoms with E-state index >= 15 is 0 Å². The van der Waals surface area contributed by atoms with Gasteiger partial charge < -0.3 is 15.3 Å². The highest BCUT2D eigenvalue weighted by molar-refractivity contribution is 6.40. The van der Waals surface area contributed by atoms with E-state index in [1.54, 1.807) is 4.90 Å². The second-order valence-corrected chi connectivity index (χ2v) is 5.55. The number of urea groups is 1. The summed E-state index contributed by atoms with van der Waals surface area (Å²) in [7, 11) is 0. The Bertz CT molecular complexity index is 540. The second kappa shape index (κ2) is 5.89. The molecule has 1 aliphatic rings. The van der Waals surface area contributed by atoms with Crippen molar-refractivity contribution in [1.82, 2.24) is 4.90 Å². The van der Waals surface area contributed by atoms with E-state index < -0.39 is 5.97 Å². The number of carbonyl (C=O) groups excluding carboxylic acids is 1. The fourth-order valence-corrected chi connectivity index (χ4v) is 2.81. The molecule has 1 unspecified atom stereocenters. The van der Waals surface area contributed by atoms with Crippen LogP contribution in [0.15, 0.2) is 12.1 Å². The Hall–Kier alpha value is -1.46. The van der Waals surface area contributed by atoms with Gasteiger partial charge in [-0.3, -0.25) is 0 Å². The zero-order valence-corrected chi connectivity index (χ0v) is 12.3. The lowest BCUT2D eigenvalue weighted by molar-refractivity contribution is 0.0697. The van der Waals surface area contributed by atoms with Crippen LogP contribution in [-0.4, -0.2) is 34.6 Å². The number of halogens is 2. The minimum Gasteiger partial charge on any atom is -0.478 e. The van der Waals surface area contributed by atoms with E-state index in [1.807, 2.05) is 6.92 Å². The molecule has 0 radical (unpaired) electrons.